The van der Waals surface area contributed by atoms with E-state index in [9.17, 15) is 9.59 Å². The fourth-order valence-corrected chi connectivity index (χ4v) is 3.13. The number of methoxy groups -OCH3 is 1. The van der Waals surface area contributed by atoms with Crippen molar-refractivity contribution in [2.45, 2.75) is 18.4 Å². The third-order valence-corrected chi connectivity index (χ3v) is 4.74. The molecule has 3 N–H and O–H groups in total. The molecule has 29 heavy (non-hydrogen) atoms. The molecular weight excluding hydrogens is 394 g/mol. The van der Waals surface area contributed by atoms with Gasteiger partial charge in [-0.25, -0.2) is 0 Å². The highest BCUT2D eigenvalue weighted by Gasteiger charge is 2.39. The molecule has 8 heteroatoms. The van der Waals surface area contributed by atoms with Gasteiger partial charge in [-0.05, 0) is 50.2 Å². The van der Waals surface area contributed by atoms with Gasteiger partial charge in [0.05, 0.1) is 0 Å². The lowest BCUT2D eigenvalue weighted by molar-refractivity contribution is -0.140. The van der Waals surface area contributed by atoms with Gasteiger partial charge >= 0.3 is 0 Å². The quantitative estimate of drug-likeness (QED) is 0.642. The van der Waals surface area contributed by atoms with E-state index in [1.807, 2.05) is 18.2 Å². The molecule has 2 aromatic carbocycles. The number of carbonyl (C=O) groups is 2. The van der Waals surface area contributed by atoms with Gasteiger partial charge in [0.1, 0.15) is 11.4 Å². The van der Waals surface area contributed by atoms with Crippen LogP contribution in [-0.2, 0) is 14.3 Å². The molecule has 7 nitrogen and oxygen atoms in total. The standard InChI is InChI=1S/C21H25N3O4.ClH/c1-27-21(10-12-22-13-11-21)20(26)24-17-8-5-9-18(14-17)28-15-19(25)23-16-6-3-2-4-7-16;/h2-9,14,22H,10-13,15H2,1H3,(H,23,25)(H,24,26);1H. The summed E-state index contributed by atoms with van der Waals surface area (Å²) in [5.74, 6) is 0.0712. The molecule has 2 amide bonds. The Morgan fingerprint density at radius 3 is 2.38 bits per heavy atom. The summed E-state index contributed by atoms with van der Waals surface area (Å²) in [5, 5.41) is 8.89. The fraction of sp³-hybridized carbons (Fsp3) is 0.333. The number of piperidine rings is 1. The van der Waals surface area contributed by atoms with Gasteiger partial charge in [-0.3, -0.25) is 9.59 Å². The van der Waals surface area contributed by atoms with Crippen LogP contribution in [0.5, 0.6) is 5.75 Å². The van der Waals surface area contributed by atoms with E-state index >= 15 is 0 Å². The molecular formula is C21H26ClN3O4. The Bertz CT molecular complexity index is 811. The molecule has 0 aliphatic carbocycles. The van der Waals surface area contributed by atoms with Crippen LogP contribution < -0.4 is 20.7 Å². The number of amides is 2. The highest BCUT2D eigenvalue weighted by molar-refractivity contribution is 5.97. The van der Waals surface area contributed by atoms with Crippen molar-refractivity contribution in [1.82, 2.24) is 5.32 Å². The Balaban J connectivity index is 0.00000300. The highest BCUT2D eigenvalue weighted by atomic mass is 35.5. The predicted octanol–water partition coefficient (Wildman–Crippen LogP) is 2.83. The fourth-order valence-electron chi connectivity index (χ4n) is 3.13. The van der Waals surface area contributed by atoms with Crippen molar-refractivity contribution in [1.29, 1.82) is 0 Å². The normalized spacial score (nSPS) is 14.9. The van der Waals surface area contributed by atoms with Gasteiger partial charge < -0.3 is 25.4 Å². The molecule has 0 aromatic heterocycles. The van der Waals surface area contributed by atoms with Crippen LogP contribution in [-0.4, -0.2) is 44.2 Å². The van der Waals surface area contributed by atoms with E-state index < -0.39 is 5.60 Å². The summed E-state index contributed by atoms with van der Waals surface area (Å²) in [5.41, 5.74) is 0.488. The molecule has 0 spiro atoms. The first-order chi connectivity index (χ1) is 13.6. The van der Waals surface area contributed by atoms with Crippen LogP contribution in [0.4, 0.5) is 11.4 Å². The van der Waals surface area contributed by atoms with Crippen molar-refractivity contribution >= 4 is 35.6 Å². The molecule has 0 radical (unpaired) electrons. The third kappa shape index (κ3) is 6.19. The minimum atomic E-state index is -0.822. The number of benzene rings is 2. The van der Waals surface area contributed by atoms with Crippen molar-refractivity contribution in [2.75, 3.05) is 37.4 Å². The van der Waals surface area contributed by atoms with E-state index in [2.05, 4.69) is 16.0 Å². The summed E-state index contributed by atoms with van der Waals surface area (Å²) in [7, 11) is 1.57. The second-order valence-corrected chi connectivity index (χ2v) is 6.63. The van der Waals surface area contributed by atoms with E-state index in [0.717, 1.165) is 13.1 Å². The molecule has 0 bridgehead atoms. The highest BCUT2D eigenvalue weighted by Crippen LogP contribution is 2.25. The second kappa shape index (κ2) is 10.8. The van der Waals surface area contributed by atoms with Gasteiger partial charge in [0, 0.05) is 24.6 Å². The Labute approximate surface area is 176 Å². The molecule has 156 valence electrons. The molecule has 0 atom stereocenters. The average Bonchev–Trinajstić information content (AvgIpc) is 2.74. The van der Waals surface area contributed by atoms with Crippen LogP contribution in [0.1, 0.15) is 12.8 Å². The van der Waals surface area contributed by atoms with Crippen molar-refractivity contribution in [3.63, 3.8) is 0 Å². The van der Waals surface area contributed by atoms with E-state index in [-0.39, 0.29) is 30.8 Å². The summed E-state index contributed by atoms with van der Waals surface area (Å²) in [6, 6.07) is 16.2. The maximum atomic E-state index is 12.7. The third-order valence-electron chi connectivity index (χ3n) is 4.74. The number of nitrogens with one attached hydrogen (secondary N) is 3. The molecule has 0 saturated carbocycles. The van der Waals surface area contributed by atoms with E-state index in [1.165, 1.54) is 0 Å². The number of hydrogen-bond acceptors (Lipinski definition) is 5. The van der Waals surface area contributed by atoms with Crippen LogP contribution in [0, 0.1) is 0 Å². The minimum absolute atomic E-state index is 0. The van der Waals surface area contributed by atoms with Gasteiger partial charge in [-0.15, -0.1) is 12.4 Å². The monoisotopic (exact) mass is 419 g/mol. The lowest BCUT2D eigenvalue weighted by Crippen LogP contribution is -2.51. The predicted molar refractivity (Wildman–Crippen MR) is 115 cm³/mol. The van der Waals surface area contributed by atoms with Crippen LogP contribution in [0.2, 0.25) is 0 Å². The van der Waals surface area contributed by atoms with Gasteiger partial charge in [0.25, 0.3) is 11.8 Å². The molecule has 3 rings (SSSR count). The molecule has 1 saturated heterocycles. The van der Waals surface area contributed by atoms with Crippen molar-refractivity contribution < 1.29 is 19.1 Å². The maximum Gasteiger partial charge on any atom is 0.262 e. The Kier molecular flexibility index (Phi) is 8.45. The van der Waals surface area contributed by atoms with Crippen LogP contribution in [0.3, 0.4) is 0 Å². The first kappa shape index (κ1) is 22.7. The number of ether oxygens (including phenoxy) is 2. The summed E-state index contributed by atoms with van der Waals surface area (Å²) in [4.78, 5) is 24.7. The molecule has 2 aromatic rings. The lowest BCUT2D eigenvalue weighted by Gasteiger charge is -2.34. The van der Waals surface area contributed by atoms with Crippen LogP contribution >= 0.6 is 12.4 Å². The van der Waals surface area contributed by atoms with E-state index in [1.54, 1.807) is 43.5 Å². The summed E-state index contributed by atoms with van der Waals surface area (Å²) in [6.07, 6.45) is 1.23. The Morgan fingerprint density at radius 2 is 1.69 bits per heavy atom. The van der Waals surface area contributed by atoms with E-state index in [0.29, 0.717) is 30.0 Å². The zero-order valence-corrected chi connectivity index (χ0v) is 17.1. The number of para-hydroxylation sites is 1. The first-order valence-corrected chi connectivity index (χ1v) is 9.26. The maximum absolute atomic E-state index is 12.7. The molecule has 0 unspecified atom stereocenters. The SMILES string of the molecule is COC1(C(=O)Nc2cccc(OCC(=O)Nc3ccccc3)c2)CCNCC1.Cl. The first-order valence-electron chi connectivity index (χ1n) is 9.26. The summed E-state index contributed by atoms with van der Waals surface area (Å²) in [6.45, 7) is 1.35. The van der Waals surface area contributed by atoms with Gasteiger partial charge in [-0.2, -0.15) is 0 Å². The Hall–Kier alpha value is -2.61. The molecule has 1 aliphatic heterocycles. The number of rotatable bonds is 7. The summed E-state index contributed by atoms with van der Waals surface area (Å²) >= 11 is 0. The number of halogens is 1. The average molecular weight is 420 g/mol. The molecule has 1 aliphatic rings. The van der Waals surface area contributed by atoms with Gasteiger partial charge in [0.15, 0.2) is 6.61 Å². The van der Waals surface area contributed by atoms with Crippen molar-refractivity contribution in [2.24, 2.45) is 0 Å². The van der Waals surface area contributed by atoms with Gasteiger partial charge in [-0.1, -0.05) is 24.3 Å². The number of hydrogen-bond donors (Lipinski definition) is 3. The summed E-state index contributed by atoms with van der Waals surface area (Å²) < 4.78 is 11.1. The molecule has 1 heterocycles. The number of anilines is 2. The Morgan fingerprint density at radius 1 is 1.00 bits per heavy atom. The topological polar surface area (TPSA) is 88.7 Å². The second-order valence-electron chi connectivity index (χ2n) is 6.63. The molecule has 1 fully saturated rings. The van der Waals surface area contributed by atoms with Crippen molar-refractivity contribution in [3.05, 3.63) is 54.6 Å². The van der Waals surface area contributed by atoms with Crippen molar-refractivity contribution in [3.8, 4) is 5.75 Å². The van der Waals surface area contributed by atoms with Crippen LogP contribution in [0.15, 0.2) is 54.6 Å². The van der Waals surface area contributed by atoms with E-state index in [4.69, 9.17) is 9.47 Å². The largest absolute Gasteiger partial charge is 0.484 e. The zero-order valence-electron chi connectivity index (χ0n) is 16.3. The number of carbonyl (C=O) groups excluding carboxylic acids is 2. The van der Waals surface area contributed by atoms with Crippen LogP contribution in [0.25, 0.3) is 0 Å². The smallest absolute Gasteiger partial charge is 0.262 e. The minimum Gasteiger partial charge on any atom is -0.484 e. The lowest BCUT2D eigenvalue weighted by atomic mass is 9.91. The zero-order chi connectivity index (χ0) is 19.8. The van der Waals surface area contributed by atoms with Gasteiger partial charge in [0.2, 0.25) is 0 Å².